The van der Waals surface area contributed by atoms with Crippen LogP contribution in [0.2, 0.25) is 0 Å². The molecule has 0 saturated carbocycles. The molecule has 1 saturated heterocycles. The maximum absolute atomic E-state index is 11.6. The number of carbonyl (C=O) groups is 2. The van der Waals surface area contributed by atoms with Gasteiger partial charge in [-0.1, -0.05) is 6.08 Å². The van der Waals surface area contributed by atoms with Gasteiger partial charge in [0.2, 0.25) is 0 Å². The van der Waals surface area contributed by atoms with Crippen LogP contribution in [0.1, 0.15) is 25.7 Å². The predicted octanol–water partition coefficient (Wildman–Crippen LogP) is 1.91. The minimum atomic E-state index is -0.882. The van der Waals surface area contributed by atoms with Gasteiger partial charge in [-0.2, -0.15) is 0 Å². The van der Waals surface area contributed by atoms with Crippen molar-refractivity contribution >= 4 is 11.9 Å². The lowest BCUT2D eigenvalue weighted by atomic mass is 9.90. The molecule has 84 valence electrons. The molecule has 0 bridgehead atoms. The normalized spacial score (nSPS) is 17.5. The van der Waals surface area contributed by atoms with Crippen LogP contribution in [0.5, 0.6) is 0 Å². The van der Waals surface area contributed by atoms with Crippen molar-refractivity contribution in [3.8, 4) is 0 Å². The molecule has 0 aliphatic carbocycles. The number of rotatable bonds is 4. The molecule has 0 unspecified atom stereocenters. The Labute approximate surface area is 89.6 Å². The SMILES string of the molecule is C=CCCC(=O)C1CCN(C(=O)O)CC1. The molecule has 0 aromatic rings. The quantitative estimate of drug-likeness (QED) is 0.723. The largest absolute Gasteiger partial charge is 0.465 e. The molecule has 4 nitrogen and oxygen atoms in total. The molecule has 1 heterocycles. The summed E-state index contributed by atoms with van der Waals surface area (Å²) in [5.74, 6) is 0.306. The number of amides is 1. The molecular weight excluding hydrogens is 194 g/mol. The van der Waals surface area contributed by atoms with Crippen molar-refractivity contribution in [2.75, 3.05) is 13.1 Å². The molecule has 1 fully saturated rings. The maximum Gasteiger partial charge on any atom is 0.407 e. The van der Waals surface area contributed by atoms with Gasteiger partial charge in [0.1, 0.15) is 5.78 Å². The van der Waals surface area contributed by atoms with Crippen LogP contribution in [0.4, 0.5) is 4.79 Å². The fourth-order valence-corrected chi connectivity index (χ4v) is 1.84. The Morgan fingerprint density at radius 1 is 1.40 bits per heavy atom. The molecular formula is C11H17NO3. The molecule has 4 heteroatoms. The number of nitrogens with zero attached hydrogens (tertiary/aromatic N) is 1. The van der Waals surface area contributed by atoms with Gasteiger partial charge in [0.05, 0.1) is 0 Å². The fourth-order valence-electron chi connectivity index (χ4n) is 1.84. The van der Waals surface area contributed by atoms with Gasteiger partial charge >= 0.3 is 6.09 Å². The fraction of sp³-hybridized carbons (Fsp3) is 0.636. The van der Waals surface area contributed by atoms with Crippen LogP contribution >= 0.6 is 0 Å². The van der Waals surface area contributed by atoms with E-state index in [0.717, 1.165) is 6.42 Å². The number of ketones is 1. The second kappa shape index (κ2) is 5.53. The van der Waals surface area contributed by atoms with Crippen molar-refractivity contribution < 1.29 is 14.7 Å². The summed E-state index contributed by atoms with van der Waals surface area (Å²) >= 11 is 0. The number of piperidine rings is 1. The average molecular weight is 211 g/mol. The number of carbonyl (C=O) groups excluding carboxylic acids is 1. The summed E-state index contributed by atoms with van der Waals surface area (Å²) in [5.41, 5.74) is 0. The third-order valence-electron chi connectivity index (χ3n) is 2.82. The van der Waals surface area contributed by atoms with E-state index >= 15 is 0 Å². The zero-order valence-corrected chi connectivity index (χ0v) is 8.82. The van der Waals surface area contributed by atoms with Gasteiger partial charge in [0, 0.05) is 25.4 Å². The average Bonchev–Trinajstić information content (AvgIpc) is 2.26. The molecule has 1 aliphatic rings. The van der Waals surface area contributed by atoms with Crippen LogP contribution in [0, 0.1) is 5.92 Å². The zero-order chi connectivity index (χ0) is 11.3. The van der Waals surface area contributed by atoms with Crippen LogP contribution in [0.25, 0.3) is 0 Å². The summed E-state index contributed by atoms with van der Waals surface area (Å²) in [5, 5.41) is 8.73. The van der Waals surface area contributed by atoms with E-state index in [4.69, 9.17) is 5.11 Å². The highest BCUT2D eigenvalue weighted by Crippen LogP contribution is 2.19. The Morgan fingerprint density at radius 3 is 2.47 bits per heavy atom. The predicted molar refractivity (Wildman–Crippen MR) is 56.8 cm³/mol. The van der Waals surface area contributed by atoms with Crippen molar-refractivity contribution in [3.05, 3.63) is 12.7 Å². The van der Waals surface area contributed by atoms with Crippen LogP contribution in [-0.4, -0.2) is 35.0 Å². The van der Waals surface area contributed by atoms with E-state index in [2.05, 4.69) is 6.58 Å². The Kier molecular flexibility index (Phi) is 4.34. The Bertz CT molecular complexity index is 255. The van der Waals surface area contributed by atoms with Crippen molar-refractivity contribution in [3.63, 3.8) is 0 Å². The van der Waals surface area contributed by atoms with Crippen LogP contribution < -0.4 is 0 Å². The molecule has 0 atom stereocenters. The second-order valence-corrected chi connectivity index (χ2v) is 3.84. The minimum absolute atomic E-state index is 0.0561. The Balaban J connectivity index is 2.33. The number of Topliss-reactive ketones (excluding diaryl/α,β-unsaturated/α-hetero) is 1. The van der Waals surface area contributed by atoms with Gasteiger partial charge in [-0.3, -0.25) is 4.79 Å². The van der Waals surface area contributed by atoms with Crippen molar-refractivity contribution in [2.24, 2.45) is 5.92 Å². The van der Waals surface area contributed by atoms with Gasteiger partial charge in [-0.25, -0.2) is 4.79 Å². The third-order valence-corrected chi connectivity index (χ3v) is 2.82. The molecule has 1 amide bonds. The van der Waals surface area contributed by atoms with Crippen molar-refractivity contribution in [1.82, 2.24) is 4.90 Å². The smallest absolute Gasteiger partial charge is 0.407 e. The van der Waals surface area contributed by atoms with E-state index in [9.17, 15) is 9.59 Å². The summed E-state index contributed by atoms with van der Waals surface area (Å²) in [4.78, 5) is 23.6. The number of hydrogen-bond donors (Lipinski definition) is 1. The molecule has 15 heavy (non-hydrogen) atoms. The van der Waals surface area contributed by atoms with Crippen molar-refractivity contribution in [1.29, 1.82) is 0 Å². The van der Waals surface area contributed by atoms with Gasteiger partial charge in [-0.05, 0) is 19.3 Å². The highest BCUT2D eigenvalue weighted by Gasteiger charge is 2.26. The summed E-state index contributed by atoms with van der Waals surface area (Å²) in [6.07, 6.45) is 3.46. The monoisotopic (exact) mass is 211 g/mol. The van der Waals surface area contributed by atoms with Gasteiger partial charge < -0.3 is 10.0 Å². The molecule has 0 radical (unpaired) electrons. The lowest BCUT2D eigenvalue weighted by Crippen LogP contribution is -2.39. The number of hydrogen-bond acceptors (Lipinski definition) is 2. The first-order valence-electron chi connectivity index (χ1n) is 5.26. The van der Waals surface area contributed by atoms with Gasteiger partial charge in [-0.15, -0.1) is 6.58 Å². The van der Waals surface area contributed by atoms with Crippen LogP contribution in [0.3, 0.4) is 0 Å². The summed E-state index contributed by atoms with van der Waals surface area (Å²) in [6, 6.07) is 0. The first-order valence-corrected chi connectivity index (χ1v) is 5.26. The number of carboxylic acid groups (broad SMARTS) is 1. The minimum Gasteiger partial charge on any atom is -0.465 e. The van der Waals surface area contributed by atoms with E-state index in [1.807, 2.05) is 0 Å². The zero-order valence-electron chi connectivity index (χ0n) is 8.82. The third kappa shape index (κ3) is 3.38. The maximum atomic E-state index is 11.6. The molecule has 0 spiro atoms. The van der Waals surface area contributed by atoms with Crippen LogP contribution in [-0.2, 0) is 4.79 Å². The standard InChI is InChI=1S/C11H17NO3/c1-2-3-4-10(13)9-5-7-12(8-6-9)11(14)15/h2,9H,1,3-8H2,(H,14,15). The first kappa shape index (κ1) is 11.8. The number of likely N-dealkylation sites (tertiary alicyclic amines) is 1. The summed E-state index contributed by atoms with van der Waals surface area (Å²) in [6.45, 7) is 4.55. The Hall–Kier alpha value is -1.32. The number of allylic oxidation sites excluding steroid dienone is 1. The summed E-state index contributed by atoms with van der Waals surface area (Å²) in [7, 11) is 0. The van der Waals surface area contributed by atoms with E-state index in [0.29, 0.717) is 32.4 Å². The van der Waals surface area contributed by atoms with E-state index in [-0.39, 0.29) is 11.7 Å². The molecule has 1 N–H and O–H groups in total. The van der Waals surface area contributed by atoms with E-state index in [1.165, 1.54) is 4.90 Å². The van der Waals surface area contributed by atoms with E-state index in [1.54, 1.807) is 6.08 Å². The van der Waals surface area contributed by atoms with Gasteiger partial charge in [0.15, 0.2) is 0 Å². The summed E-state index contributed by atoms with van der Waals surface area (Å²) < 4.78 is 0. The molecule has 1 aliphatic heterocycles. The lowest BCUT2D eigenvalue weighted by Gasteiger charge is -2.29. The topological polar surface area (TPSA) is 57.6 Å². The van der Waals surface area contributed by atoms with Crippen molar-refractivity contribution in [2.45, 2.75) is 25.7 Å². The Morgan fingerprint density at radius 2 is 2.00 bits per heavy atom. The van der Waals surface area contributed by atoms with Crippen LogP contribution in [0.15, 0.2) is 12.7 Å². The second-order valence-electron chi connectivity index (χ2n) is 3.84. The highest BCUT2D eigenvalue weighted by atomic mass is 16.4. The molecule has 0 aromatic heterocycles. The van der Waals surface area contributed by atoms with E-state index < -0.39 is 6.09 Å². The first-order chi connectivity index (χ1) is 7.15. The van der Waals surface area contributed by atoms with Gasteiger partial charge in [0.25, 0.3) is 0 Å². The lowest BCUT2D eigenvalue weighted by molar-refractivity contribution is -0.124. The molecule has 0 aromatic carbocycles. The molecule has 1 rings (SSSR count). The highest BCUT2D eigenvalue weighted by molar-refractivity contribution is 5.81.